The van der Waals surface area contributed by atoms with Gasteiger partial charge in [-0.25, -0.2) is 0 Å². The molecular weight excluding hydrogens is 236 g/mol. The van der Waals surface area contributed by atoms with Crippen molar-refractivity contribution in [3.63, 3.8) is 0 Å². The molecule has 0 fully saturated rings. The van der Waals surface area contributed by atoms with Gasteiger partial charge in [-0.2, -0.15) is 0 Å². The van der Waals surface area contributed by atoms with E-state index in [-0.39, 0.29) is 0 Å². The number of hydrogen-bond donors (Lipinski definition) is 1. The number of benzene rings is 1. The van der Waals surface area contributed by atoms with Gasteiger partial charge in [0.15, 0.2) is 0 Å². The maximum Gasteiger partial charge on any atom is 0.103 e. The molecule has 102 valence electrons. The number of anilines is 2. The summed E-state index contributed by atoms with van der Waals surface area (Å²) in [5.74, 6) is 1.05. The van der Waals surface area contributed by atoms with E-state index < -0.39 is 0 Å². The molecular formula is C16H22N2O. The molecule has 0 saturated heterocycles. The van der Waals surface area contributed by atoms with E-state index in [1.165, 1.54) is 5.69 Å². The first-order valence-corrected chi connectivity index (χ1v) is 6.71. The number of nitrogens with zero attached hydrogens (tertiary/aromatic N) is 1. The van der Waals surface area contributed by atoms with E-state index >= 15 is 0 Å². The highest BCUT2D eigenvalue weighted by Gasteiger charge is 2.04. The molecule has 1 aromatic carbocycles. The van der Waals surface area contributed by atoms with Gasteiger partial charge in [-0.3, -0.25) is 0 Å². The van der Waals surface area contributed by atoms with Gasteiger partial charge in [-0.1, -0.05) is 0 Å². The fourth-order valence-electron chi connectivity index (χ4n) is 2.03. The van der Waals surface area contributed by atoms with E-state index in [2.05, 4.69) is 55.5 Å². The lowest BCUT2D eigenvalue weighted by atomic mass is 10.1. The molecule has 0 saturated carbocycles. The van der Waals surface area contributed by atoms with Crippen LogP contribution in [0.15, 0.2) is 47.1 Å². The van der Waals surface area contributed by atoms with E-state index in [0.29, 0.717) is 6.04 Å². The van der Waals surface area contributed by atoms with Gasteiger partial charge in [0.05, 0.1) is 6.26 Å². The van der Waals surface area contributed by atoms with Crippen LogP contribution in [0, 0.1) is 0 Å². The highest BCUT2D eigenvalue weighted by molar-refractivity contribution is 5.54. The minimum atomic E-state index is 0.426. The third-order valence-corrected chi connectivity index (χ3v) is 3.20. The molecule has 3 heteroatoms. The summed E-state index contributed by atoms with van der Waals surface area (Å²) >= 11 is 0. The van der Waals surface area contributed by atoms with E-state index in [0.717, 1.165) is 24.3 Å². The SMILES string of the molecule is CC(CCc1ccco1)Nc1ccc(N(C)C)cc1. The van der Waals surface area contributed by atoms with Crippen molar-refractivity contribution in [2.45, 2.75) is 25.8 Å². The van der Waals surface area contributed by atoms with Crippen LogP contribution in [0.5, 0.6) is 0 Å². The minimum Gasteiger partial charge on any atom is -0.469 e. The van der Waals surface area contributed by atoms with E-state index in [9.17, 15) is 0 Å². The standard InChI is InChI=1S/C16H22N2O/c1-13(6-11-16-5-4-12-19-16)17-14-7-9-15(10-8-14)18(2)3/h4-5,7-10,12-13,17H,6,11H2,1-3H3. The Morgan fingerprint density at radius 2 is 1.89 bits per heavy atom. The predicted molar refractivity (Wildman–Crippen MR) is 80.9 cm³/mol. The fraction of sp³-hybridized carbons (Fsp3) is 0.375. The Morgan fingerprint density at radius 1 is 1.16 bits per heavy atom. The van der Waals surface area contributed by atoms with Crippen LogP contribution in [-0.2, 0) is 6.42 Å². The zero-order valence-corrected chi connectivity index (χ0v) is 11.9. The van der Waals surface area contributed by atoms with Crippen molar-refractivity contribution in [2.24, 2.45) is 0 Å². The third kappa shape index (κ3) is 4.05. The van der Waals surface area contributed by atoms with E-state index in [1.807, 2.05) is 12.1 Å². The molecule has 1 heterocycles. The molecule has 0 aliphatic rings. The molecule has 0 aliphatic heterocycles. The maximum absolute atomic E-state index is 5.34. The van der Waals surface area contributed by atoms with Crippen LogP contribution in [0.3, 0.4) is 0 Å². The zero-order chi connectivity index (χ0) is 13.7. The van der Waals surface area contributed by atoms with Gasteiger partial charge >= 0.3 is 0 Å². The van der Waals surface area contributed by atoms with Crippen LogP contribution in [-0.4, -0.2) is 20.1 Å². The maximum atomic E-state index is 5.34. The third-order valence-electron chi connectivity index (χ3n) is 3.20. The topological polar surface area (TPSA) is 28.4 Å². The van der Waals surface area contributed by atoms with Crippen LogP contribution in [0.4, 0.5) is 11.4 Å². The molecule has 1 aromatic heterocycles. The van der Waals surface area contributed by atoms with Crippen molar-refractivity contribution in [2.75, 3.05) is 24.3 Å². The molecule has 0 amide bonds. The Morgan fingerprint density at radius 3 is 2.47 bits per heavy atom. The zero-order valence-electron chi connectivity index (χ0n) is 11.9. The Balaban J connectivity index is 1.82. The molecule has 2 aromatic rings. The van der Waals surface area contributed by atoms with Crippen LogP contribution in [0.1, 0.15) is 19.1 Å². The Kier molecular flexibility index (Phi) is 4.50. The lowest BCUT2D eigenvalue weighted by molar-refractivity contribution is 0.495. The number of nitrogens with one attached hydrogen (secondary N) is 1. The molecule has 0 aliphatic carbocycles. The highest BCUT2D eigenvalue weighted by Crippen LogP contribution is 2.17. The number of furan rings is 1. The van der Waals surface area contributed by atoms with Crippen molar-refractivity contribution < 1.29 is 4.42 Å². The van der Waals surface area contributed by atoms with Gasteiger partial charge < -0.3 is 14.6 Å². The van der Waals surface area contributed by atoms with Crippen LogP contribution >= 0.6 is 0 Å². The summed E-state index contributed by atoms with van der Waals surface area (Å²) in [6, 6.07) is 12.9. The van der Waals surface area contributed by atoms with Gasteiger partial charge in [-0.05, 0) is 49.7 Å². The summed E-state index contributed by atoms with van der Waals surface area (Å²) in [4.78, 5) is 2.10. The summed E-state index contributed by atoms with van der Waals surface area (Å²) in [5.41, 5.74) is 2.38. The largest absolute Gasteiger partial charge is 0.469 e. The molecule has 0 radical (unpaired) electrons. The van der Waals surface area contributed by atoms with Gasteiger partial charge in [0.2, 0.25) is 0 Å². The first-order valence-electron chi connectivity index (χ1n) is 6.71. The second-order valence-corrected chi connectivity index (χ2v) is 5.10. The van der Waals surface area contributed by atoms with E-state index in [1.54, 1.807) is 6.26 Å². The predicted octanol–water partition coefficient (Wildman–Crippen LogP) is 3.78. The fourth-order valence-corrected chi connectivity index (χ4v) is 2.03. The number of rotatable bonds is 6. The molecule has 0 spiro atoms. The summed E-state index contributed by atoms with van der Waals surface area (Å²) in [5, 5.41) is 3.51. The summed E-state index contributed by atoms with van der Waals surface area (Å²) < 4.78 is 5.34. The van der Waals surface area contributed by atoms with Gasteiger partial charge in [-0.15, -0.1) is 0 Å². The monoisotopic (exact) mass is 258 g/mol. The summed E-state index contributed by atoms with van der Waals surface area (Å²) in [7, 11) is 4.10. The first-order chi connectivity index (χ1) is 9.15. The normalized spacial score (nSPS) is 12.2. The molecule has 2 rings (SSSR count). The number of hydrogen-bond acceptors (Lipinski definition) is 3. The molecule has 3 nitrogen and oxygen atoms in total. The first kappa shape index (κ1) is 13.5. The molecule has 0 bridgehead atoms. The van der Waals surface area contributed by atoms with E-state index in [4.69, 9.17) is 4.42 Å². The van der Waals surface area contributed by atoms with Gasteiger partial charge in [0.25, 0.3) is 0 Å². The van der Waals surface area contributed by atoms with Crippen molar-refractivity contribution in [3.8, 4) is 0 Å². The summed E-state index contributed by atoms with van der Waals surface area (Å²) in [6.07, 6.45) is 3.76. The van der Waals surface area contributed by atoms with Crippen LogP contribution in [0.25, 0.3) is 0 Å². The molecule has 19 heavy (non-hydrogen) atoms. The lowest BCUT2D eigenvalue weighted by Crippen LogP contribution is -2.16. The van der Waals surface area contributed by atoms with Crippen LogP contribution < -0.4 is 10.2 Å². The average molecular weight is 258 g/mol. The second-order valence-electron chi connectivity index (χ2n) is 5.10. The lowest BCUT2D eigenvalue weighted by Gasteiger charge is -2.17. The van der Waals surface area contributed by atoms with Gasteiger partial charge in [0.1, 0.15) is 5.76 Å². The quantitative estimate of drug-likeness (QED) is 0.854. The smallest absolute Gasteiger partial charge is 0.103 e. The van der Waals surface area contributed by atoms with Crippen LogP contribution in [0.2, 0.25) is 0 Å². The van der Waals surface area contributed by atoms with Crippen molar-refractivity contribution in [3.05, 3.63) is 48.4 Å². The summed E-state index contributed by atoms with van der Waals surface area (Å²) in [6.45, 7) is 2.20. The van der Waals surface area contributed by atoms with Crippen molar-refractivity contribution >= 4 is 11.4 Å². The average Bonchev–Trinajstić information content (AvgIpc) is 2.90. The molecule has 1 atom stereocenters. The second kappa shape index (κ2) is 6.32. The number of aryl methyl sites for hydroxylation is 1. The Hall–Kier alpha value is -1.90. The van der Waals surface area contributed by atoms with Gasteiger partial charge in [0, 0.05) is 37.9 Å². The Bertz CT molecular complexity index is 474. The highest BCUT2D eigenvalue weighted by atomic mass is 16.3. The molecule has 1 unspecified atom stereocenters. The van der Waals surface area contributed by atoms with Crippen molar-refractivity contribution in [1.82, 2.24) is 0 Å². The molecule has 1 N–H and O–H groups in total. The van der Waals surface area contributed by atoms with Crippen molar-refractivity contribution in [1.29, 1.82) is 0 Å². The Labute approximate surface area is 115 Å². The minimum absolute atomic E-state index is 0.426.